The van der Waals surface area contributed by atoms with Crippen LogP contribution >= 0.6 is 12.4 Å². The fourth-order valence-electron chi connectivity index (χ4n) is 4.68. The van der Waals surface area contributed by atoms with Crippen molar-refractivity contribution in [3.05, 3.63) is 17.5 Å². The number of alkyl halides is 3. The maximum Gasteiger partial charge on any atom is 0.435 e. The summed E-state index contributed by atoms with van der Waals surface area (Å²) in [5, 5.41) is 9.38. The van der Waals surface area contributed by atoms with Gasteiger partial charge in [0.25, 0.3) is 0 Å². The molecule has 2 N–H and O–H groups in total. The molecule has 1 unspecified atom stereocenters. The molecule has 0 spiro atoms. The molecule has 3 aliphatic rings. The van der Waals surface area contributed by atoms with Crippen molar-refractivity contribution >= 4 is 35.0 Å². The number of nitrogens with one attached hydrogen (secondary N) is 2. The van der Waals surface area contributed by atoms with Crippen LogP contribution in [0.3, 0.4) is 0 Å². The first-order chi connectivity index (χ1) is 14.4. The van der Waals surface area contributed by atoms with E-state index in [-0.39, 0.29) is 41.3 Å². The highest BCUT2D eigenvalue weighted by Gasteiger charge is 2.40. The highest BCUT2D eigenvalue weighted by atomic mass is 35.5. The molecule has 3 fully saturated rings. The number of carbonyl (C=O) groups excluding carboxylic acids is 1. The number of carbonyl (C=O) groups is 1. The van der Waals surface area contributed by atoms with E-state index in [9.17, 15) is 18.0 Å². The average Bonchev–Trinajstić information content (AvgIpc) is 3.25. The minimum atomic E-state index is -4.55. The zero-order chi connectivity index (χ0) is 20.9. The highest BCUT2D eigenvalue weighted by molar-refractivity contribution is 5.94. The molecule has 0 aromatic carbocycles. The number of piperazine rings is 1. The smallest absolute Gasteiger partial charge is 0.367 e. The number of H-pyrrole nitrogens is 1. The Morgan fingerprint density at radius 1 is 1.16 bits per heavy atom. The minimum Gasteiger partial charge on any atom is -0.367 e. The van der Waals surface area contributed by atoms with Crippen LogP contribution in [-0.2, 0) is 11.0 Å². The number of fused-ring (bicyclic) bond motifs is 1. The van der Waals surface area contributed by atoms with E-state index >= 15 is 0 Å². The van der Waals surface area contributed by atoms with E-state index in [1.165, 1.54) is 0 Å². The number of rotatable bonds is 4. The molecule has 1 saturated carbocycles. The molecule has 2 aromatic heterocycles. The number of hydrogen-bond acceptors (Lipinski definition) is 5. The maximum absolute atomic E-state index is 13.6. The number of aromatic nitrogens is 3. The summed E-state index contributed by atoms with van der Waals surface area (Å²) < 4.78 is 40.9. The molecule has 170 valence electrons. The summed E-state index contributed by atoms with van der Waals surface area (Å²) in [6, 6.07) is 0.247. The topological polar surface area (TPSA) is 77.2 Å². The summed E-state index contributed by atoms with van der Waals surface area (Å²) in [6.45, 7) is 2.99. The Morgan fingerprint density at radius 2 is 1.90 bits per heavy atom. The van der Waals surface area contributed by atoms with Gasteiger partial charge in [-0.2, -0.15) is 18.3 Å². The van der Waals surface area contributed by atoms with Crippen LogP contribution in [-0.4, -0.2) is 64.8 Å². The zero-order valence-corrected chi connectivity index (χ0v) is 17.9. The van der Waals surface area contributed by atoms with Gasteiger partial charge in [-0.3, -0.25) is 9.89 Å². The molecule has 5 rings (SSSR count). The lowest BCUT2D eigenvalue weighted by Gasteiger charge is -2.37. The van der Waals surface area contributed by atoms with Gasteiger partial charge >= 0.3 is 6.18 Å². The van der Waals surface area contributed by atoms with Gasteiger partial charge in [0, 0.05) is 44.8 Å². The summed E-state index contributed by atoms with van der Waals surface area (Å²) in [5.41, 5.74) is 0.707. The summed E-state index contributed by atoms with van der Waals surface area (Å²) in [5.74, 6) is 0.372. The molecule has 1 aliphatic carbocycles. The van der Waals surface area contributed by atoms with E-state index in [4.69, 9.17) is 0 Å². The van der Waals surface area contributed by atoms with Gasteiger partial charge in [-0.25, -0.2) is 4.98 Å². The van der Waals surface area contributed by atoms with Crippen molar-refractivity contribution in [2.24, 2.45) is 0 Å². The van der Waals surface area contributed by atoms with Crippen LogP contribution in [0.15, 0.2) is 6.20 Å². The molecular formula is C20H26ClF3N6O. The number of hydrogen-bond donors (Lipinski definition) is 2. The largest absolute Gasteiger partial charge is 0.435 e. The second-order valence-corrected chi connectivity index (χ2v) is 8.50. The molecule has 0 radical (unpaired) electrons. The first kappa shape index (κ1) is 22.1. The van der Waals surface area contributed by atoms with Crippen LogP contribution in [0, 0.1) is 0 Å². The van der Waals surface area contributed by atoms with Crippen LogP contribution in [0.2, 0.25) is 0 Å². The average molecular weight is 459 g/mol. The van der Waals surface area contributed by atoms with Crippen LogP contribution in [0.1, 0.15) is 49.3 Å². The molecule has 7 nitrogen and oxygen atoms in total. The Morgan fingerprint density at radius 3 is 2.52 bits per heavy atom. The highest BCUT2D eigenvalue weighted by Crippen LogP contribution is 2.48. The van der Waals surface area contributed by atoms with Crippen molar-refractivity contribution in [1.29, 1.82) is 0 Å². The Hall–Kier alpha value is -2.07. The predicted molar refractivity (Wildman–Crippen MR) is 113 cm³/mol. The Kier molecular flexibility index (Phi) is 6.04. The number of anilines is 1. The van der Waals surface area contributed by atoms with Gasteiger partial charge in [0.2, 0.25) is 5.91 Å². The third-order valence-corrected chi connectivity index (χ3v) is 6.41. The third-order valence-electron chi connectivity index (χ3n) is 6.41. The summed E-state index contributed by atoms with van der Waals surface area (Å²) >= 11 is 0. The summed E-state index contributed by atoms with van der Waals surface area (Å²) in [6.07, 6.45) is 1.68. The Balaban J connectivity index is 0.00000231. The number of halogens is 4. The second kappa shape index (κ2) is 8.46. The molecule has 1 atom stereocenters. The van der Waals surface area contributed by atoms with Gasteiger partial charge in [-0.15, -0.1) is 12.4 Å². The first-order valence-corrected chi connectivity index (χ1v) is 10.6. The standard InChI is InChI=1S/C20H25F3N6O.ClH/c21-20(22,23)18-16-17(14(12-3-4-12)11-25-19(16)27-26-18)29-8-6-28(7-9-29)15(30)10-13-2-1-5-24-13;/h11-13,24H,1-10H2,(H,25,26,27);1H. The molecule has 0 bridgehead atoms. The fraction of sp³-hybridized carbons (Fsp3) is 0.650. The monoisotopic (exact) mass is 458 g/mol. The molecule has 2 saturated heterocycles. The van der Waals surface area contributed by atoms with E-state index in [1.54, 1.807) is 6.20 Å². The van der Waals surface area contributed by atoms with Gasteiger partial charge in [0.05, 0.1) is 11.1 Å². The second-order valence-electron chi connectivity index (χ2n) is 8.50. The molecule has 2 aliphatic heterocycles. The SMILES string of the molecule is Cl.O=C(CC1CCCN1)N1CCN(c2c(C3CC3)cnc3[nH]nc(C(F)(F)F)c23)CC1. The first-order valence-electron chi connectivity index (χ1n) is 10.6. The summed E-state index contributed by atoms with van der Waals surface area (Å²) in [7, 11) is 0. The van der Waals surface area contributed by atoms with E-state index in [1.807, 2.05) is 9.80 Å². The van der Waals surface area contributed by atoms with E-state index in [2.05, 4.69) is 20.5 Å². The van der Waals surface area contributed by atoms with Crippen molar-refractivity contribution in [2.75, 3.05) is 37.6 Å². The van der Waals surface area contributed by atoms with Gasteiger partial charge in [-0.05, 0) is 43.7 Å². The number of aromatic amines is 1. The molecule has 31 heavy (non-hydrogen) atoms. The maximum atomic E-state index is 13.6. The van der Waals surface area contributed by atoms with E-state index < -0.39 is 11.9 Å². The summed E-state index contributed by atoms with van der Waals surface area (Å²) in [4.78, 5) is 20.7. The van der Waals surface area contributed by atoms with Gasteiger partial charge in [0.1, 0.15) is 0 Å². The van der Waals surface area contributed by atoms with E-state index in [0.29, 0.717) is 38.3 Å². The quantitative estimate of drug-likeness (QED) is 0.736. The van der Waals surface area contributed by atoms with E-state index in [0.717, 1.165) is 37.8 Å². The molecule has 4 heterocycles. The molecule has 2 aromatic rings. The van der Waals surface area contributed by atoms with Crippen LogP contribution in [0.5, 0.6) is 0 Å². The molecule has 11 heteroatoms. The van der Waals surface area contributed by atoms with Crippen molar-refractivity contribution in [3.8, 4) is 0 Å². The lowest BCUT2D eigenvalue weighted by molar-refractivity contribution is -0.140. The number of nitrogens with zero attached hydrogens (tertiary/aromatic N) is 4. The predicted octanol–water partition coefficient (Wildman–Crippen LogP) is 3.07. The molecule has 1 amide bonds. The van der Waals surface area contributed by atoms with Crippen LogP contribution in [0.4, 0.5) is 18.9 Å². The van der Waals surface area contributed by atoms with Crippen LogP contribution in [0.25, 0.3) is 11.0 Å². The van der Waals surface area contributed by atoms with Crippen LogP contribution < -0.4 is 10.2 Å². The minimum absolute atomic E-state index is 0. The van der Waals surface area contributed by atoms with Crippen molar-refractivity contribution < 1.29 is 18.0 Å². The third kappa shape index (κ3) is 4.32. The van der Waals surface area contributed by atoms with Crippen molar-refractivity contribution in [2.45, 2.75) is 50.2 Å². The normalized spacial score (nSPS) is 22.1. The molecular weight excluding hydrogens is 433 g/mol. The van der Waals surface area contributed by atoms with Gasteiger partial charge in [-0.1, -0.05) is 0 Å². The zero-order valence-electron chi connectivity index (χ0n) is 17.0. The number of pyridine rings is 1. The number of amides is 1. The van der Waals surface area contributed by atoms with Gasteiger partial charge in [0.15, 0.2) is 11.3 Å². The lowest BCUT2D eigenvalue weighted by Crippen LogP contribution is -2.50. The Bertz CT molecular complexity index is 946. The van der Waals surface area contributed by atoms with Gasteiger partial charge < -0.3 is 15.1 Å². The van der Waals surface area contributed by atoms with Crippen molar-refractivity contribution in [1.82, 2.24) is 25.4 Å². The lowest BCUT2D eigenvalue weighted by atomic mass is 10.0. The fourth-order valence-corrected chi connectivity index (χ4v) is 4.68. The van der Waals surface area contributed by atoms with Crippen molar-refractivity contribution in [3.63, 3.8) is 0 Å². The Labute approximate surface area is 184 Å².